The summed E-state index contributed by atoms with van der Waals surface area (Å²) >= 11 is 0. The molecular weight excluding hydrogens is 472 g/mol. The van der Waals surface area contributed by atoms with Crippen LogP contribution in [0, 0.1) is 12.8 Å². The summed E-state index contributed by atoms with van der Waals surface area (Å²) in [5, 5.41) is 0.718. The van der Waals surface area contributed by atoms with Crippen LogP contribution in [0.3, 0.4) is 0 Å². The Morgan fingerprint density at radius 3 is 2.78 bits per heavy atom. The fraction of sp³-hybridized carbons (Fsp3) is 0.483. The van der Waals surface area contributed by atoms with Crippen LogP contribution in [0.25, 0.3) is 11.0 Å². The van der Waals surface area contributed by atoms with E-state index in [0.717, 1.165) is 35.9 Å². The molecule has 6 rings (SSSR count). The second-order valence-electron chi connectivity index (χ2n) is 11.3. The molecule has 1 aromatic carbocycles. The first-order chi connectivity index (χ1) is 17.6. The molecule has 0 saturated carbocycles. The number of piperidine rings is 1. The third-order valence-electron chi connectivity index (χ3n) is 8.32. The minimum absolute atomic E-state index is 0.0153. The monoisotopic (exact) mass is 504 g/mol. The van der Waals surface area contributed by atoms with Gasteiger partial charge in [-0.3, -0.25) is 9.59 Å². The van der Waals surface area contributed by atoms with Gasteiger partial charge in [-0.15, -0.1) is 0 Å². The van der Waals surface area contributed by atoms with Crippen molar-refractivity contribution in [2.24, 2.45) is 5.92 Å². The first kappa shape index (κ1) is 23.8. The van der Waals surface area contributed by atoms with Crippen molar-refractivity contribution in [3.05, 3.63) is 67.4 Å². The lowest BCUT2D eigenvalue weighted by atomic mass is 9.83. The maximum atomic E-state index is 13.5. The summed E-state index contributed by atoms with van der Waals surface area (Å²) < 4.78 is 19.6. The normalized spacial score (nSPS) is 21.7. The molecule has 1 unspecified atom stereocenters. The number of hydrogen-bond donors (Lipinski definition) is 0. The quantitative estimate of drug-likeness (QED) is 0.507. The van der Waals surface area contributed by atoms with Gasteiger partial charge in [0, 0.05) is 48.9 Å². The number of aromatic nitrogens is 1. The van der Waals surface area contributed by atoms with E-state index < -0.39 is 5.63 Å². The molecule has 3 aromatic rings. The molecule has 37 heavy (non-hydrogen) atoms. The maximum absolute atomic E-state index is 13.5. The van der Waals surface area contributed by atoms with E-state index >= 15 is 0 Å². The second kappa shape index (κ2) is 8.50. The topological polar surface area (TPSA) is 91.0 Å². The number of amides is 1. The fourth-order valence-electron chi connectivity index (χ4n) is 6.41. The molecule has 2 atom stereocenters. The van der Waals surface area contributed by atoms with Gasteiger partial charge in [-0.2, -0.15) is 0 Å². The number of pyridine rings is 1. The van der Waals surface area contributed by atoms with Crippen LogP contribution in [0.2, 0.25) is 0 Å². The molecule has 1 saturated heterocycles. The Morgan fingerprint density at radius 1 is 1.19 bits per heavy atom. The smallest absolute Gasteiger partial charge is 0.340 e. The van der Waals surface area contributed by atoms with Gasteiger partial charge in [0.15, 0.2) is 0 Å². The van der Waals surface area contributed by atoms with E-state index in [0.29, 0.717) is 47.8 Å². The SMILES string of the molecule is COc1cc2c(c3oc(=O)c(CC(=O)N4CC5C[C@H](C4)Cn4c5cccc4=O)c(C)c13)CCC(C)(C)O2. The van der Waals surface area contributed by atoms with E-state index in [9.17, 15) is 14.4 Å². The number of methoxy groups -OCH3 is 1. The van der Waals surface area contributed by atoms with E-state index in [2.05, 4.69) is 0 Å². The molecule has 1 fully saturated rings. The maximum Gasteiger partial charge on any atom is 0.340 e. The lowest BCUT2D eigenvalue weighted by Gasteiger charge is -2.42. The number of ether oxygens (including phenoxy) is 2. The molecule has 5 heterocycles. The van der Waals surface area contributed by atoms with Crippen molar-refractivity contribution in [1.29, 1.82) is 0 Å². The van der Waals surface area contributed by atoms with Gasteiger partial charge in [0.1, 0.15) is 22.7 Å². The van der Waals surface area contributed by atoms with Crippen molar-refractivity contribution < 1.29 is 18.7 Å². The van der Waals surface area contributed by atoms with Crippen LogP contribution in [-0.4, -0.2) is 41.2 Å². The van der Waals surface area contributed by atoms with E-state index in [-0.39, 0.29) is 35.3 Å². The van der Waals surface area contributed by atoms with Gasteiger partial charge >= 0.3 is 5.63 Å². The van der Waals surface area contributed by atoms with Gasteiger partial charge < -0.3 is 23.4 Å². The lowest BCUT2D eigenvalue weighted by molar-refractivity contribution is -0.133. The van der Waals surface area contributed by atoms with E-state index in [1.165, 1.54) is 0 Å². The van der Waals surface area contributed by atoms with Crippen molar-refractivity contribution in [1.82, 2.24) is 9.47 Å². The van der Waals surface area contributed by atoms with Gasteiger partial charge in [-0.05, 0) is 57.6 Å². The van der Waals surface area contributed by atoms with Crippen molar-refractivity contribution >= 4 is 16.9 Å². The van der Waals surface area contributed by atoms with Gasteiger partial charge in [0.25, 0.3) is 5.56 Å². The molecule has 8 heteroatoms. The van der Waals surface area contributed by atoms with Crippen molar-refractivity contribution in [2.45, 2.75) is 64.5 Å². The predicted octanol–water partition coefficient (Wildman–Crippen LogP) is 3.56. The molecule has 1 amide bonds. The second-order valence-corrected chi connectivity index (χ2v) is 11.3. The first-order valence-electron chi connectivity index (χ1n) is 13.0. The highest BCUT2D eigenvalue weighted by molar-refractivity contribution is 5.93. The highest BCUT2D eigenvalue weighted by Crippen LogP contribution is 2.43. The van der Waals surface area contributed by atoms with Crippen LogP contribution in [-0.2, 0) is 24.2 Å². The van der Waals surface area contributed by atoms with Gasteiger partial charge in [-0.25, -0.2) is 4.79 Å². The van der Waals surface area contributed by atoms with Crippen LogP contribution in [0.5, 0.6) is 11.5 Å². The molecule has 0 spiro atoms. The summed E-state index contributed by atoms with van der Waals surface area (Å²) in [6.45, 7) is 7.67. The van der Waals surface area contributed by atoms with Crippen molar-refractivity contribution in [3.8, 4) is 11.5 Å². The molecule has 0 radical (unpaired) electrons. The van der Waals surface area contributed by atoms with Crippen LogP contribution in [0.15, 0.2) is 38.3 Å². The average molecular weight is 505 g/mol. The van der Waals surface area contributed by atoms with Gasteiger partial charge in [-0.1, -0.05) is 6.07 Å². The fourth-order valence-corrected chi connectivity index (χ4v) is 6.41. The molecule has 0 aliphatic carbocycles. The summed E-state index contributed by atoms with van der Waals surface area (Å²) in [7, 11) is 1.58. The molecule has 8 nitrogen and oxygen atoms in total. The number of aryl methyl sites for hydroxylation is 2. The predicted molar refractivity (Wildman–Crippen MR) is 139 cm³/mol. The number of carbonyl (C=O) groups is 1. The molecular formula is C29H32N2O6. The van der Waals surface area contributed by atoms with E-state index in [1.807, 2.05) is 42.4 Å². The van der Waals surface area contributed by atoms with Gasteiger partial charge in [0.2, 0.25) is 5.91 Å². The number of fused-ring (bicyclic) bond motifs is 7. The summed E-state index contributed by atoms with van der Waals surface area (Å²) in [5.41, 5.74) is 2.62. The molecule has 3 aliphatic rings. The Morgan fingerprint density at radius 2 is 2.00 bits per heavy atom. The van der Waals surface area contributed by atoms with Crippen LogP contribution < -0.4 is 20.7 Å². The Bertz CT molecular complexity index is 1550. The lowest BCUT2D eigenvalue weighted by Crippen LogP contribution is -2.49. The third kappa shape index (κ3) is 3.93. The molecule has 2 bridgehead atoms. The van der Waals surface area contributed by atoms with Crippen LogP contribution in [0.1, 0.15) is 55.0 Å². The Hall–Kier alpha value is -3.55. The number of hydrogen-bond acceptors (Lipinski definition) is 6. The zero-order valence-electron chi connectivity index (χ0n) is 21.8. The Balaban J connectivity index is 1.33. The van der Waals surface area contributed by atoms with Crippen molar-refractivity contribution in [2.75, 3.05) is 20.2 Å². The number of nitrogens with zero attached hydrogens (tertiary/aromatic N) is 2. The highest BCUT2D eigenvalue weighted by atomic mass is 16.5. The molecule has 2 aromatic heterocycles. The highest BCUT2D eigenvalue weighted by Gasteiger charge is 2.37. The Kier molecular flexibility index (Phi) is 5.47. The number of rotatable bonds is 3. The summed E-state index contributed by atoms with van der Waals surface area (Å²) in [4.78, 5) is 40.9. The molecule has 0 N–H and O–H groups in total. The average Bonchev–Trinajstić information content (AvgIpc) is 2.85. The van der Waals surface area contributed by atoms with Gasteiger partial charge in [0.05, 0.1) is 24.5 Å². The largest absolute Gasteiger partial charge is 0.496 e. The summed E-state index contributed by atoms with van der Waals surface area (Å²) in [5.74, 6) is 1.48. The minimum Gasteiger partial charge on any atom is -0.496 e. The number of carbonyl (C=O) groups excluding carboxylic acids is 1. The van der Waals surface area contributed by atoms with Crippen molar-refractivity contribution in [3.63, 3.8) is 0 Å². The minimum atomic E-state index is -0.493. The molecule has 3 aliphatic heterocycles. The number of likely N-dealkylation sites (tertiary alicyclic amines) is 1. The number of benzene rings is 1. The Labute approximate surface area is 214 Å². The van der Waals surface area contributed by atoms with E-state index in [1.54, 1.807) is 19.2 Å². The standard InChI is InChI=1S/C29H32N2O6/c1-16-20(11-25(33)30-13-17-10-18(15-30)21-6-5-7-24(32)31(21)14-17)28(34)36-27-19-8-9-29(2,3)37-22(19)12-23(35-4)26(16)27/h5-7,12,17-18H,8-11,13-15H2,1-4H3/t17-,18?/m1/s1. The van der Waals surface area contributed by atoms with E-state index in [4.69, 9.17) is 13.9 Å². The summed E-state index contributed by atoms with van der Waals surface area (Å²) in [6, 6.07) is 7.23. The third-order valence-corrected chi connectivity index (χ3v) is 8.32. The zero-order valence-corrected chi connectivity index (χ0v) is 21.8. The summed E-state index contributed by atoms with van der Waals surface area (Å²) in [6.07, 6.45) is 2.46. The zero-order chi connectivity index (χ0) is 26.1. The molecule has 194 valence electrons. The van der Waals surface area contributed by atoms with Crippen LogP contribution in [0.4, 0.5) is 0 Å². The first-order valence-corrected chi connectivity index (χ1v) is 13.0. The van der Waals surface area contributed by atoms with Crippen LogP contribution >= 0.6 is 0 Å².